The molecule has 0 radical (unpaired) electrons. The Bertz CT molecular complexity index is 668. The smallest absolute Gasteiger partial charge is 0.307 e. The standard InChI is InChI=1S/C16H20N2O4/c1-10-12(8-14(19)20)16(17-9-15(21-2)22-3)11-6-4-5-7-13(11)18-10/h4-7,15H,8-9H2,1-3H3,(H,17,18)(H,19,20). The Labute approximate surface area is 129 Å². The van der Waals surface area contributed by atoms with Crippen molar-refractivity contribution in [2.24, 2.45) is 0 Å². The van der Waals surface area contributed by atoms with E-state index >= 15 is 0 Å². The first kappa shape index (κ1) is 16.2. The molecule has 118 valence electrons. The van der Waals surface area contributed by atoms with Crippen molar-refractivity contribution < 1.29 is 19.4 Å². The average molecular weight is 304 g/mol. The van der Waals surface area contributed by atoms with E-state index < -0.39 is 12.3 Å². The summed E-state index contributed by atoms with van der Waals surface area (Å²) in [7, 11) is 3.12. The molecule has 1 aromatic heterocycles. The molecule has 1 aromatic carbocycles. The van der Waals surface area contributed by atoms with Gasteiger partial charge in [0.05, 0.1) is 18.5 Å². The van der Waals surface area contributed by atoms with Gasteiger partial charge in [-0.2, -0.15) is 0 Å². The van der Waals surface area contributed by atoms with Crippen LogP contribution in [0.2, 0.25) is 0 Å². The molecule has 0 spiro atoms. The fourth-order valence-corrected chi connectivity index (χ4v) is 2.39. The van der Waals surface area contributed by atoms with E-state index in [9.17, 15) is 4.79 Å². The quantitative estimate of drug-likeness (QED) is 0.763. The number of hydrogen-bond acceptors (Lipinski definition) is 5. The number of para-hydroxylation sites is 1. The Morgan fingerprint density at radius 1 is 1.32 bits per heavy atom. The Balaban J connectivity index is 2.48. The van der Waals surface area contributed by atoms with Crippen LogP contribution in [0.15, 0.2) is 24.3 Å². The molecule has 22 heavy (non-hydrogen) atoms. The maximum absolute atomic E-state index is 11.2. The zero-order chi connectivity index (χ0) is 16.1. The van der Waals surface area contributed by atoms with Crippen LogP contribution in [-0.4, -0.2) is 43.1 Å². The molecule has 0 fully saturated rings. The van der Waals surface area contributed by atoms with Crippen molar-refractivity contribution in [1.29, 1.82) is 0 Å². The number of aliphatic carboxylic acids is 1. The normalized spacial score (nSPS) is 11.1. The van der Waals surface area contributed by atoms with Crippen LogP contribution in [0.4, 0.5) is 5.69 Å². The minimum absolute atomic E-state index is 0.0867. The number of carboxylic acid groups (broad SMARTS) is 1. The van der Waals surface area contributed by atoms with Crippen LogP contribution in [0.1, 0.15) is 11.3 Å². The largest absolute Gasteiger partial charge is 0.481 e. The number of pyridine rings is 1. The van der Waals surface area contributed by atoms with Crippen molar-refractivity contribution in [2.75, 3.05) is 26.1 Å². The van der Waals surface area contributed by atoms with Gasteiger partial charge in [-0.05, 0) is 13.0 Å². The minimum Gasteiger partial charge on any atom is -0.481 e. The highest BCUT2D eigenvalue weighted by molar-refractivity contribution is 5.94. The first-order valence-corrected chi connectivity index (χ1v) is 6.96. The van der Waals surface area contributed by atoms with E-state index in [1.54, 1.807) is 14.2 Å². The molecule has 0 saturated heterocycles. The van der Waals surface area contributed by atoms with Gasteiger partial charge >= 0.3 is 5.97 Å². The number of carboxylic acids is 1. The van der Waals surface area contributed by atoms with Crippen molar-refractivity contribution in [1.82, 2.24) is 4.98 Å². The van der Waals surface area contributed by atoms with Gasteiger partial charge in [-0.15, -0.1) is 0 Å². The van der Waals surface area contributed by atoms with E-state index in [4.69, 9.17) is 14.6 Å². The fraction of sp³-hybridized carbons (Fsp3) is 0.375. The molecule has 6 heteroatoms. The molecular weight excluding hydrogens is 284 g/mol. The number of anilines is 1. The van der Waals surface area contributed by atoms with E-state index in [1.165, 1.54) is 0 Å². The second-order valence-corrected chi connectivity index (χ2v) is 4.92. The summed E-state index contributed by atoms with van der Waals surface area (Å²) in [6.45, 7) is 2.23. The molecule has 2 aromatic rings. The molecular formula is C16H20N2O4. The first-order chi connectivity index (χ1) is 10.6. The maximum Gasteiger partial charge on any atom is 0.307 e. The number of nitrogens with one attached hydrogen (secondary N) is 1. The van der Waals surface area contributed by atoms with E-state index in [0.717, 1.165) is 16.6 Å². The molecule has 2 N–H and O–H groups in total. The highest BCUT2D eigenvalue weighted by Crippen LogP contribution is 2.29. The molecule has 1 heterocycles. The van der Waals surface area contributed by atoms with Gasteiger partial charge in [0.15, 0.2) is 6.29 Å². The number of benzene rings is 1. The number of carbonyl (C=O) groups is 1. The molecule has 2 rings (SSSR count). The van der Waals surface area contributed by atoms with Crippen LogP contribution in [0.3, 0.4) is 0 Å². The van der Waals surface area contributed by atoms with Crippen molar-refractivity contribution in [3.8, 4) is 0 Å². The van der Waals surface area contributed by atoms with Gasteiger partial charge in [-0.1, -0.05) is 18.2 Å². The minimum atomic E-state index is -0.890. The van der Waals surface area contributed by atoms with E-state index in [-0.39, 0.29) is 6.42 Å². The molecule has 0 amide bonds. The Morgan fingerprint density at radius 2 is 2.00 bits per heavy atom. The summed E-state index contributed by atoms with van der Waals surface area (Å²) in [6, 6.07) is 7.63. The second-order valence-electron chi connectivity index (χ2n) is 4.92. The van der Waals surface area contributed by atoms with Crippen molar-refractivity contribution in [3.05, 3.63) is 35.5 Å². The van der Waals surface area contributed by atoms with Crippen molar-refractivity contribution in [3.63, 3.8) is 0 Å². The lowest BCUT2D eigenvalue weighted by Gasteiger charge is -2.19. The van der Waals surface area contributed by atoms with E-state index in [0.29, 0.717) is 17.8 Å². The number of aryl methyl sites for hydroxylation is 1. The summed E-state index contributed by atoms with van der Waals surface area (Å²) in [5.41, 5.74) is 2.97. The Kier molecular flexibility index (Phi) is 5.30. The molecule has 0 aliphatic carbocycles. The average Bonchev–Trinajstić information content (AvgIpc) is 2.50. The van der Waals surface area contributed by atoms with Crippen molar-refractivity contribution >= 4 is 22.6 Å². The van der Waals surface area contributed by atoms with Gasteiger partial charge in [-0.3, -0.25) is 9.78 Å². The van der Waals surface area contributed by atoms with E-state index in [2.05, 4.69) is 10.3 Å². The lowest BCUT2D eigenvalue weighted by atomic mass is 10.0. The molecule has 0 bridgehead atoms. The summed E-state index contributed by atoms with van der Waals surface area (Å²) < 4.78 is 10.3. The van der Waals surface area contributed by atoms with Crippen LogP contribution >= 0.6 is 0 Å². The fourth-order valence-electron chi connectivity index (χ4n) is 2.39. The molecule has 0 atom stereocenters. The second kappa shape index (κ2) is 7.20. The first-order valence-electron chi connectivity index (χ1n) is 6.96. The highest BCUT2D eigenvalue weighted by Gasteiger charge is 2.16. The van der Waals surface area contributed by atoms with Gasteiger partial charge in [0, 0.05) is 36.6 Å². The number of ether oxygens (including phenoxy) is 2. The summed E-state index contributed by atoms with van der Waals surface area (Å²) in [5.74, 6) is -0.890. The van der Waals surface area contributed by atoms with E-state index in [1.807, 2.05) is 31.2 Å². The molecule has 6 nitrogen and oxygen atoms in total. The maximum atomic E-state index is 11.2. The predicted molar refractivity (Wildman–Crippen MR) is 84.1 cm³/mol. The number of methoxy groups -OCH3 is 2. The van der Waals surface area contributed by atoms with Crippen LogP contribution in [0, 0.1) is 6.92 Å². The highest BCUT2D eigenvalue weighted by atomic mass is 16.7. The lowest BCUT2D eigenvalue weighted by molar-refractivity contribution is -0.136. The number of aromatic nitrogens is 1. The Morgan fingerprint density at radius 3 is 2.64 bits per heavy atom. The molecule has 0 saturated carbocycles. The SMILES string of the molecule is COC(CNc1c(CC(=O)O)c(C)nc2ccccc12)OC. The summed E-state index contributed by atoms with van der Waals surface area (Å²) in [5, 5.41) is 13.3. The molecule has 0 unspecified atom stereocenters. The monoisotopic (exact) mass is 304 g/mol. The third-order valence-corrected chi connectivity index (χ3v) is 3.50. The molecule has 0 aliphatic heterocycles. The van der Waals surface area contributed by atoms with Crippen LogP contribution < -0.4 is 5.32 Å². The van der Waals surface area contributed by atoms with Gasteiger partial charge in [0.2, 0.25) is 0 Å². The van der Waals surface area contributed by atoms with Crippen LogP contribution in [0.25, 0.3) is 10.9 Å². The summed E-state index contributed by atoms with van der Waals surface area (Å²) >= 11 is 0. The Hall–Kier alpha value is -2.18. The third-order valence-electron chi connectivity index (χ3n) is 3.50. The van der Waals surface area contributed by atoms with Gasteiger partial charge in [-0.25, -0.2) is 0 Å². The number of fused-ring (bicyclic) bond motifs is 1. The van der Waals surface area contributed by atoms with Gasteiger partial charge in [0.25, 0.3) is 0 Å². The van der Waals surface area contributed by atoms with Crippen LogP contribution in [-0.2, 0) is 20.7 Å². The predicted octanol–water partition coefficient (Wildman–Crippen LogP) is 2.20. The van der Waals surface area contributed by atoms with Crippen LogP contribution in [0.5, 0.6) is 0 Å². The lowest BCUT2D eigenvalue weighted by Crippen LogP contribution is -2.24. The third kappa shape index (κ3) is 3.52. The number of hydrogen-bond donors (Lipinski definition) is 2. The number of rotatable bonds is 7. The zero-order valence-electron chi connectivity index (χ0n) is 12.9. The summed E-state index contributed by atoms with van der Waals surface area (Å²) in [4.78, 5) is 15.6. The zero-order valence-corrected chi connectivity index (χ0v) is 12.9. The van der Waals surface area contributed by atoms with Gasteiger partial charge in [0.1, 0.15) is 0 Å². The summed E-state index contributed by atoms with van der Waals surface area (Å²) in [6.07, 6.45) is -0.499. The van der Waals surface area contributed by atoms with Crippen molar-refractivity contribution in [2.45, 2.75) is 19.6 Å². The molecule has 0 aliphatic rings. The number of nitrogens with zero attached hydrogens (tertiary/aromatic N) is 1. The topological polar surface area (TPSA) is 80.7 Å². The van der Waals surface area contributed by atoms with Gasteiger partial charge < -0.3 is 19.9 Å².